The Hall–Kier alpha value is -3.93. The van der Waals surface area contributed by atoms with Crippen molar-refractivity contribution in [3.63, 3.8) is 0 Å². The molecule has 4 rings (SSSR count). The number of esters is 1. The number of carbonyl (C=O) groups excluding carboxylic acids is 3. The first-order valence-corrected chi connectivity index (χ1v) is 10.5. The van der Waals surface area contributed by atoms with E-state index in [0.717, 1.165) is 11.1 Å². The van der Waals surface area contributed by atoms with Crippen LogP contribution in [0.5, 0.6) is 0 Å². The normalized spacial score (nSPS) is 16.1. The maximum absolute atomic E-state index is 13.0. The summed E-state index contributed by atoms with van der Waals surface area (Å²) in [6, 6.07) is 26.3. The van der Waals surface area contributed by atoms with Crippen molar-refractivity contribution >= 4 is 17.8 Å². The van der Waals surface area contributed by atoms with Gasteiger partial charge < -0.3 is 15.0 Å². The molecule has 2 atom stereocenters. The van der Waals surface area contributed by atoms with Gasteiger partial charge in [-0.05, 0) is 16.7 Å². The zero-order valence-electron chi connectivity index (χ0n) is 17.5. The first kappa shape index (κ1) is 21.3. The van der Waals surface area contributed by atoms with Gasteiger partial charge in [-0.2, -0.15) is 0 Å². The van der Waals surface area contributed by atoms with Gasteiger partial charge in [0.2, 0.25) is 11.8 Å². The molecule has 1 aliphatic heterocycles. The summed E-state index contributed by atoms with van der Waals surface area (Å²) in [6.07, 6.45) is 0.200. The smallest absolute Gasteiger partial charge is 0.333 e. The number of carbonyl (C=O) groups is 3. The highest BCUT2D eigenvalue weighted by Crippen LogP contribution is 2.28. The van der Waals surface area contributed by atoms with Gasteiger partial charge in [-0.25, -0.2) is 4.79 Å². The Morgan fingerprint density at radius 1 is 0.875 bits per heavy atom. The number of nitrogens with one attached hydrogen (secondary N) is 1. The molecule has 1 heterocycles. The molecule has 6 nitrogen and oxygen atoms in total. The Morgan fingerprint density at radius 2 is 1.44 bits per heavy atom. The van der Waals surface area contributed by atoms with E-state index in [0.29, 0.717) is 5.56 Å². The SMILES string of the molecule is O=C(Cc1ccccc1)NC1CN(C(C(=O)OCc2ccccc2)c2ccccc2)C1=O. The van der Waals surface area contributed by atoms with Crippen LogP contribution in [0.4, 0.5) is 0 Å². The number of hydrogen-bond donors (Lipinski definition) is 1. The molecule has 6 heteroatoms. The lowest BCUT2D eigenvalue weighted by Crippen LogP contribution is -2.65. The number of nitrogens with zero attached hydrogens (tertiary/aromatic N) is 1. The zero-order chi connectivity index (χ0) is 22.3. The van der Waals surface area contributed by atoms with Gasteiger partial charge in [0.05, 0.1) is 13.0 Å². The van der Waals surface area contributed by atoms with Crippen molar-refractivity contribution in [1.82, 2.24) is 10.2 Å². The largest absolute Gasteiger partial charge is 0.459 e. The van der Waals surface area contributed by atoms with Crippen LogP contribution in [-0.4, -0.2) is 35.3 Å². The van der Waals surface area contributed by atoms with Crippen LogP contribution in [0.1, 0.15) is 22.7 Å². The van der Waals surface area contributed by atoms with Crippen LogP contribution < -0.4 is 5.32 Å². The van der Waals surface area contributed by atoms with E-state index < -0.39 is 18.1 Å². The number of hydrogen-bond acceptors (Lipinski definition) is 4. The summed E-state index contributed by atoms with van der Waals surface area (Å²) in [6.45, 7) is 0.377. The summed E-state index contributed by atoms with van der Waals surface area (Å²) in [5.74, 6) is -1.02. The molecule has 3 aromatic carbocycles. The van der Waals surface area contributed by atoms with Crippen molar-refractivity contribution in [3.8, 4) is 0 Å². The Morgan fingerprint density at radius 3 is 2.03 bits per heavy atom. The van der Waals surface area contributed by atoms with Crippen molar-refractivity contribution in [2.24, 2.45) is 0 Å². The third kappa shape index (κ3) is 5.03. The topological polar surface area (TPSA) is 75.7 Å². The Kier molecular flexibility index (Phi) is 6.60. The van der Waals surface area contributed by atoms with Crippen molar-refractivity contribution in [1.29, 1.82) is 0 Å². The Bertz CT molecular complexity index is 1070. The van der Waals surface area contributed by atoms with E-state index in [1.807, 2.05) is 78.9 Å². The van der Waals surface area contributed by atoms with Gasteiger partial charge in [-0.15, -0.1) is 0 Å². The molecule has 1 fully saturated rings. The standard InChI is InChI=1S/C26H24N2O4/c29-23(16-19-10-4-1-5-11-19)27-22-17-28(25(22)30)24(21-14-8-3-9-15-21)26(31)32-18-20-12-6-2-7-13-20/h1-15,22,24H,16-18H2,(H,27,29). The minimum atomic E-state index is -0.852. The maximum atomic E-state index is 13.0. The molecule has 2 amide bonds. The predicted molar refractivity (Wildman–Crippen MR) is 119 cm³/mol. The highest BCUT2D eigenvalue weighted by atomic mass is 16.5. The number of rotatable bonds is 8. The molecule has 32 heavy (non-hydrogen) atoms. The minimum absolute atomic E-state index is 0.127. The quantitative estimate of drug-likeness (QED) is 0.442. The van der Waals surface area contributed by atoms with E-state index in [1.165, 1.54) is 4.90 Å². The predicted octanol–water partition coefficient (Wildman–Crippen LogP) is 3.04. The fourth-order valence-electron chi connectivity index (χ4n) is 3.71. The summed E-state index contributed by atoms with van der Waals surface area (Å²) in [5.41, 5.74) is 2.42. The average Bonchev–Trinajstić information content (AvgIpc) is 2.83. The molecule has 1 saturated heterocycles. The molecule has 2 unspecified atom stereocenters. The van der Waals surface area contributed by atoms with Crippen LogP contribution in [0.15, 0.2) is 91.0 Å². The first-order chi connectivity index (χ1) is 15.6. The second kappa shape index (κ2) is 9.92. The van der Waals surface area contributed by atoms with Gasteiger partial charge in [0, 0.05) is 0 Å². The molecule has 0 aromatic heterocycles. The second-order valence-corrected chi connectivity index (χ2v) is 7.68. The summed E-state index contributed by atoms with van der Waals surface area (Å²) in [7, 11) is 0. The first-order valence-electron chi connectivity index (χ1n) is 10.5. The Balaban J connectivity index is 1.40. The van der Waals surface area contributed by atoms with Gasteiger partial charge in [-0.3, -0.25) is 9.59 Å². The molecule has 0 bridgehead atoms. The number of benzene rings is 3. The Labute approximate surface area is 186 Å². The summed E-state index contributed by atoms with van der Waals surface area (Å²) < 4.78 is 5.53. The summed E-state index contributed by atoms with van der Waals surface area (Å²) in [4.78, 5) is 39.6. The molecule has 0 aliphatic carbocycles. The van der Waals surface area contributed by atoms with Gasteiger partial charge >= 0.3 is 5.97 Å². The highest BCUT2D eigenvalue weighted by Gasteiger charge is 2.45. The lowest BCUT2D eigenvalue weighted by atomic mass is 9.98. The molecule has 0 saturated carbocycles. The highest BCUT2D eigenvalue weighted by molar-refractivity contribution is 5.96. The van der Waals surface area contributed by atoms with Gasteiger partial charge in [0.25, 0.3) is 0 Å². The van der Waals surface area contributed by atoms with Crippen LogP contribution in [0.2, 0.25) is 0 Å². The lowest BCUT2D eigenvalue weighted by Gasteiger charge is -2.42. The van der Waals surface area contributed by atoms with E-state index in [1.54, 1.807) is 12.1 Å². The fraction of sp³-hybridized carbons (Fsp3) is 0.192. The second-order valence-electron chi connectivity index (χ2n) is 7.68. The maximum Gasteiger partial charge on any atom is 0.333 e. The molecule has 3 aromatic rings. The molecule has 0 radical (unpaired) electrons. The number of ether oxygens (including phenoxy) is 1. The van der Waals surface area contributed by atoms with E-state index in [-0.39, 0.29) is 31.4 Å². The third-order valence-corrected chi connectivity index (χ3v) is 5.38. The van der Waals surface area contributed by atoms with Gasteiger partial charge in [-0.1, -0.05) is 91.0 Å². The van der Waals surface area contributed by atoms with E-state index in [9.17, 15) is 14.4 Å². The molecular formula is C26H24N2O4. The van der Waals surface area contributed by atoms with Crippen LogP contribution in [-0.2, 0) is 32.1 Å². The van der Waals surface area contributed by atoms with Crippen LogP contribution in [0, 0.1) is 0 Å². The zero-order valence-corrected chi connectivity index (χ0v) is 17.5. The van der Waals surface area contributed by atoms with Crippen LogP contribution in [0.25, 0.3) is 0 Å². The van der Waals surface area contributed by atoms with Gasteiger partial charge in [0.1, 0.15) is 12.6 Å². The third-order valence-electron chi connectivity index (χ3n) is 5.38. The molecule has 162 valence electrons. The molecule has 1 N–H and O–H groups in total. The van der Waals surface area contributed by atoms with E-state index in [4.69, 9.17) is 4.74 Å². The number of amides is 2. The van der Waals surface area contributed by atoms with Crippen molar-refractivity contribution in [2.75, 3.05) is 6.54 Å². The van der Waals surface area contributed by atoms with Crippen molar-refractivity contribution in [2.45, 2.75) is 25.1 Å². The molecular weight excluding hydrogens is 404 g/mol. The lowest BCUT2D eigenvalue weighted by molar-refractivity contribution is -0.164. The van der Waals surface area contributed by atoms with Crippen LogP contribution >= 0.6 is 0 Å². The fourth-order valence-corrected chi connectivity index (χ4v) is 3.71. The molecule has 1 aliphatic rings. The van der Waals surface area contributed by atoms with Crippen LogP contribution in [0.3, 0.4) is 0 Å². The average molecular weight is 428 g/mol. The number of β-lactam (4-membered cyclic amide) rings is 1. The summed E-state index contributed by atoms with van der Waals surface area (Å²) in [5, 5.41) is 2.77. The monoisotopic (exact) mass is 428 g/mol. The van der Waals surface area contributed by atoms with Crippen molar-refractivity contribution < 1.29 is 19.1 Å². The van der Waals surface area contributed by atoms with E-state index >= 15 is 0 Å². The van der Waals surface area contributed by atoms with Crippen molar-refractivity contribution in [3.05, 3.63) is 108 Å². The minimum Gasteiger partial charge on any atom is -0.459 e. The number of likely N-dealkylation sites (tertiary alicyclic amines) is 1. The van der Waals surface area contributed by atoms with E-state index in [2.05, 4.69) is 5.32 Å². The molecule has 0 spiro atoms. The van der Waals surface area contributed by atoms with Gasteiger partial charge in [0.15, 0.2) is 6.04 Å². The summed E-state index contributed by atoms with van der Waals surface area (Å²) >= 11 is 0.